The monoisotopic (exact) mass is 525 g/mol. The van der Waals surface area contributed by atoms with Crippen LogP contribution in [0.5, 0.6) is 11.6 Å². The highest BCUT2D eigenvalue weighted by atomic mass is 19.1. The van der Waals surface area contributed by atoms with Gasteiger partial charge in [-0.05, 0) is 48.4 Å². The molecule has 2 aliphatic rings. The number of fused-ring (bicyclic) bond motifs is 1. The highest BCUT2D eigenvalue weighted by Crippen LogP contribution is 2.35. The Hall–Kier alpha value is -4.34. The van der Waals surface area contributed by atoms with E-state index in [1.54, 1.807) is 24.3 Å². The lowest BCUT2D eigenvalue weighted by Gasteiger charge is -2.28. The molecule has 0 bridgehead atoms. The van der Waals surface area contributed by atoms with Crippen molar-refractivity contribution in [2.24, 2.45) is 4.99 Å². The van der Waals surface area contributed by atoms with Crippen molar-refractivity contribution in [3.63, 3.8) is 0 Å². The first kappa shape index (κ1) is 25.0. The number of aromatic nitrogens is 2. The summed E-state index contributed by atoms with van der Waals surface area (Å²) in [6.07, 6.45) is 4.21. The fraction of sp³-hybridized carbons (Fsp3) is 0.233. The van der Waals surface area contributed by atoms with Gasteiger partial charge in [0.1, 0.15) is 0 Å². The van der Waals surface area contributed by atoms with Crippen molar-refractivity contribution in [3.8, 4) is 22.8 Å². The lowest BCUT2D eigenvalue weighted by molar-refractivity contribution is 0.122. The van der Waals surface area contributed by atoms with Gasteiger partial charge in [-0.15, -0.1) is 0 Å². The van der Waals surface area contributed by atoms with Crippen LogP contribution in [0.25, 0.3) is 11.1 Å². The second kappa shape index (κ2) is 10.8. The summed E-state index contributed by atoms with van der Waals surface area (Å²) >= 11 is 0. The Kier molecular flexibility index (Phi) is 6.91. The van der Waals surface area contributed by atoms with Gasteiger partial charge >= 0.3 is 0 Å². The van der Waals surface area contributed by atoms with Crippen LogP contribution in [0.3, 0.4) is 0 Å². The third-order valence-corrected chi connectivity index (χ3v) is 6.90. The van der Waals surface area contributed by atoms with Crippen LogP contribution < -0.4 is 15.0 Å². The van der Waals surface area contributed by atoms with Crippen molar-refractivity contribution in [2.75, 3.05) is 36.5 Å². The van der Waals surface area contributed by atoms with Gasteiger partial charge in [0.15, 0.2) is 17.8 Å². The molecule has 198 valence electrons. The average Bonchev–Trinajstić information content (AvgIpc) is 3.31. The van der Waals surface area contributed by atoms with Crippen molar-refractivity contribution in [3.05, 3.63) is 96.2 Å². The number of pyridine rings is 2. The minimum atomic E-state index is -1.05. The molecule has 0 radical (unpaired) electrons. The summed E-state index contributed by atoms with van der Waals surface area (Å²) in [5, 5.41) is 14.2. The fourth-order valence-electron chi connectivity index (χ4n) is 4.86. The first-order valence-corrected chi connectivity index (χ1v) is 12.9. The highest BCUT2D eigenvalue weighted by molar-refractivity contribution is 6.08. The van der Waals surface area contributed by atoms with Crippen molar-refractivity contribution < 1.29 is 19.0 Å². The SMILES string of the molecule is C[C@@H]1N=C(C(O)Nc2ccc(Oc3ccccc3F)nc2)c2cc(-c3cncc(N4CCOCC4)c3)ccc21. The molecule has 9 heteroatoms. The van der Waals surface area contributed by atoms with Crippen molar-refractivity contribution >= 4 is 17.1 Å². The molecule has 2 aromatic heterocycles. The third-order valence-electron chi connectivity index (χ3n) is 6.90. The second-order valence-corrected chi connectivity index (χ2v) is 9.49. The van der Waals surface area contributed by atoms with E-state index in [-0.39, 0.29) is 17.7 Å². The summed E-state index contributed by atoms with van der Waals surface area (Å²) in [7, 11) is 0. The molecular weight excluding hydrogens is 497 g/mol. The quantitative estimate of drug-likeness (QED) is 0.320. The van der Waals surface area contributed by atoms with Crippen LogP contribution in [-0.4, -0.2) is 53.3 Å². The van der Waals surface area contributed by atoms with Gasteiger partial charge in [-0.25, -0.2) is 9.37 Å². The minimum Gasteiger partial charge on any atom is -0.436 e. The van der Waals surface area contributed by atoms with E-state index in [1.807, 2.05) is 19.3 Å². The number of rotatable bonds is 7. The molecule has 4 aromatic rings. The van der Waals surface area contributed by atoms with Crippen LogP contribution >= 0.6 is 0 Å². The van der Waals surface area contributed by atoms with Crippen LogP contribution in [-0.2, 0) is 4.74 Å². The number of nitrogens with one attached hydrogen (secondary N) is 1. The van der Waals surface area contributed by atoms with Crippen LogP contribution in [0.1, 0.15) is 24.1 Å². The van der Waals surface area contributed by atoms with Crippen LogP contribution in [0, 0.1) is 5.82 Å². The van der Waals surface area contributed by atoms with E-state index in [0.717, 1.165) is 41.0 Å². The Morgan fingerprint density at radius 3 is 2.67 bits per heavy atom. The molecule has 0 saturated carbocycles. The average molecular weight is 526 g/mol. The van der Waals surface area contributed by atoms with Crippen LogP contribution in [0.15, 0.2) is 84.2 Å². The maximum Gasteiger partial charge on any atom is 0.219 e. The Labute approximate surface area is 225 Å². The zero-order valence-electron chi connectivity index (χ0n) is 21.4. The molecule has 1 fully saturated rings. The van der Waals surface area contributed by atoms with Crippen molar-refractivity contribution in [1.82, 2.24) is 9.97 Å². The van der Waals surface area contributed by atoms with Crippen LogP contribution in [0.2, 0.25) is 0 Å². The van der Waals surface area contributed by atoms with Gasteiger partial charge in [0, 0.05) is 36.5 Å². The molecule has 6 rings (SSSR count). The molecule has 1 saturated heterocycles. The van der Waals surface area contributed by atoms with E-state index in [2.05, 4.69) is 44.5 Å². The van der Waals surface area contributed by atoms with Gasteiger partial charge in [-0.3, -0.25) is 9.98 Å². The first-order valence-electron chi connectivity index (χ1n) is 12.9. The van der Waals surface area contributed by atoms with Gasteiger partial charge in [0.2, 0.25) is 5.88 Å². The molecule has 2 aliphatic heterocycles. The van der Waals surface area contributed by atoms with Gasteiger partial charge < -0.3 is 24.8 Å². The highest BCUT2D eigenvalue weighted by Gasteiger charge is 2.27. The molecule has 4 heterocycles. The maximum absolute atomic E-state index is 13.9. The molecule has 39 heavy (non-hydrogen) atoms. The molecular formula is C30H28FN5O3. The number of ether oxygens (including phenoxy) is 2. The zero-order valence-corrected chi connectivity index (χ0v) is 21.4. The summed E-state index contributed by atoms with van der Waals surface area (Å²) in [4.78, 5) is 15.7. The number of nitrogens with zero attached hydrogens (tertiary/aromatic N) is 4. The largest absolute Gasteiger partial charge is 0.436 e. The molecule has 8 nitrogen and oxygen atoms in total. The Balaban J connectivity index is 1.19. The third kappa shape index (κ3) is 5.32. The lowest BCUT2D eigenvalue weighted by atomic mass is 9.96. The summed E-state index contributed by atoms with van der Waals surface area (Å²) in [6, 6.07) is 17.7. The van der Waals surface area contributed by atoms with Gasteiger partial charge in [-0.2, -0.15) is 0 Å². The number of aliphatic hydroxyl groups is 1. The van der Waals surface area contributed by atoms with Gasteiger partial charge in [0.25, 0.3) is 0 Å². The molecule has 2 atom stereocenters. The maximum atomic E-state index is 13.9. The summed E-state index contributed by atoms with van der Waals surface area (Å²) in [6.45, 7) is 5.11. The van der Waals surface area contributed by atoms with E-state index in [4.69, 9.17) is 14.5 Å². The van der Waals surface area contributed by atoms with Gasteiger partial charge in [0.05, 0.1) is 48.7 Å². The summed E-state index contributed by atoms with van der Waals surface area (Å²) in [5.41, 5.74) is 6.15. The standard InChI is InChI=1S/C30H28FN5O3/c1-19-24-8-6-20(21-14-23(18-32-16-21)36-10-12-38-13-11-36)15-25(24)29(34-19)30(37)35-22-7-9-28(33-17-22)39-27-5-3-2-4-26(27)31/h2-9,14-19,30,35,37H,10-13H2,1H3/t19-,30?/m0/s1. The summed E-state index contributed by atoms with van der Waals surface area (Å²) in [5.74, 6) is -0.125. The van der Waals surface area contributed by atoms with Crippen molar-refractivity contribution in [1.29, 1.82) is 0 Å². The number of morpholine rings is 1. The number of hydrogen-bond donors (Lipinski definition) is 2. The number of halogens is 1. The molecule has 0 spiro atoms. The van der Waals surface area contributed by atoms with E-state index in [1.165, 1.54) is 18.3 Å². The first-order chi connectivity index (χ1) is 19.0. The molecule has 2 aromatic carbocycles. The van der Waals surface area contributed by atoms with E-state index in [9.17, 15) is 9.50 Å². The zero-order chi connectivity index (χ0) is 26.8. The second-order valence-electron chi connectivity index (χ2n) is 9.49. The predicted octanol–water partition coefficient (Wildman–Crippen LogP) is 5.21. The van der Waals surface area contributed by atoms with E-state index in [0.29, 0.717) is 24.6 Å². The number of benzene rings is 2. The van der Waals surface area contributed by atoms with E-state index < -0.39 is 12.0 Å². The number of aliphatic imine (C=N–C) groups is 1. The van der Waals surface area contributed by atoms with Crippen LogP contribution in [0.4, 0.5) is 15.8 Å². The minimum absolute atomic E-state index is 0.0759. The number of hydrogen-bond acceptors (Lipinski definition) is 8. The normalized spacial score (nSPS) is 17.4. The number of para-hydroxylation sites is 1. The molecule has 2 N–H and O–H groups in total. The lowest BCUT2D eigenvalue weighted by Crippen LogP contribution is -2.36. The Morgan fingerprint density at radius 1 is 1.03 bits per heavy atom. The van der Waals surface area contributed by atoms with E-state index >= 15 is 0 Å². The molecule has 0 amide bonds. The number of anilines is 2. The Bertz CT molecular complexity index is 1500. The topological polar surface area (TPSA) is 92.1 Å². The van der Waals surface area contributed by atoms with Gasteiger partial charge in [-0.1, -0.05) is 24.3 Å². The fourth-order valence-corrected chi connectivity index (χ4v) is 4.86. The predicted molar refractivity (Wildman–Crippen MR) is 148 cm³/mol. The molecule has 0 aliphatic carbocycles. The summed E-state index contributed by atoms with van der Waals surface area (Å²) < 4.78 is 24.9. The Morgan fingerprint density at radius 2 is 1.87 bits per heavy atom. The number of aliphatic hydroxyl groups excluding tert-OH is 1. The molecule has 1 unspecified atom stereocenters. The van der Waals surface area contributed by atoms with Crippen molar-refractivity contribution in [2.45, 2.75) is 19.2 Å². The smallest absolute Gasteiger partial charge is 0.219 e.